The lowest BCUT2D eigenvalue weighted by Crippen LogP contribution is -2.37. The quantitative estimate of drug-likeness (QED) is 0.0213. The monoisotopic (exact) mass is 817 g/mol. The van der Waals surface area contributed by atoms with Crippen LogP contribution in [0.2, 0.25) is 0 Å². The van der Waals surface area contributed by atoms with Crippen molar-refractivity contribution in [2.45, 2.75) is 225 Å². The number of carbonyl (C=O) groups excluding carboxylic acids is 2. The molecule has 0 aliphatic heterocycles. The fourth-order valence-corrected chi connectivity index (χ4v) is 7.34. The standard InChI is InChI=1S/C46H90NO8P/c1-6-8-10-12-14-16-18-20-22-23-25-26-28-30-32-34-36-38-45(48)52-42-44(43-54-56(50,51)53-41-40-47(3,4)5)55-46(49)39-37-35-33-31-29-27-24-21-19-17-15-13-11-9-7-2/h21,24,44H,6-20,22-23,25-43H2,1-5H3/p+1/b24-21+/t44-/m1/s1. The zero-order valence-corrected chi connectivity index (χ0v) is 38.3. The van der Waals surface area contributed by atoms with Crippen LogP contribution in [0.5, 0.6) is 0 Å². The molecule has 0 aliphatic carbocycles. The van der Waals surface area contributed by atoms with E-state index in [0.29, 0.717) is 23.9 Å². The summed E-state index contributed by atoms with van der Waals surface area (Å²) in [5, 5.41) is 0. The summed E-state index contributed by atoms with van der Waals surface area (Å²) in [6.07, 6.45) is 41.1. The van der Waals surface area contributed by atoms with E-state index in [1.165, 1.54) is 135 Å². The molecule has 0 aromatic rings. The molecule has 0 rings (SSSR count). The molecule has 0 bridgehead atoms. The third-order valence-corrected chi connectivity index (χ3v) is 11.3. The van der Waals surface area contributed by atoms with Gasteiger partial charge in [0.25, 0.3) is 0 Å². The van der Waals surface area contributed by atoms with Gasteiger partial charge in [0.2, 0.25) is 0 Å². The van der Waals surface area contributed by atoms with Crippen LogP contribution in [-0.4, -0.2) is 74.9 Å². The second-order valence-electron chi connectivity index (χ2n) is 17.1. The van der Waals surface area contributed by atoms with Crippen LogP contribution in [-0.2, 0) is 32.7 Å². The van der Waals surface area contributed by atoms with Gasteiger partial charge in [-0.1, -0.05) is 180 Å². The van der Waals surface area contributed by atoms with Gasteiger partial charge in [-0.3, -0.25) is 18.6 Å². The van der Waals surface area contributed by atoms with Crippen molar-refractivity contribution >= 4 is 19.8 Å². The van der Waals surface area contributed by atoms with E-state index in [1.54, 1.807) is 0 Å². The number of ether oxygens (including phenoxy) is 2. The molecule has 0 saturated carbocycles. The first kappa shape index (κ1) is 54.8. The highest BCUT2D eigenvalue weighted by Gasteiger charge is 2.27. The SMILES string of the molecule is CCCCCCCC/C=C/CCCCCCCC(=O)O[C@H](COC(=O)CCCCCCCCCCCCCCCCCCC)COP(=O)(O)OCC[N+](C)(C)C. The molecular formula is C46H91NO8P+. The number of esters is 2. The summed E-state index contributed by atoms with van der Waals surface area (Å²) in [6, 6.07) is 0. The number of unbranched alkanes of at least 4 members (excludes halogenated alkanes) is 27. The fraction of sp³-hybridized carbons (Fsp3) is 0.913. The lowest BCUT2D eigenvalue weighted by atomic mass is 10.0. The van der Waals surface area contributed by atoms with Crippen LogP contribution >= 0.6 is 7.82 Å². The Kier molecular flexibility index (Phi) is 38.3. The van der Waals surface area contributed by atoms with Crippen molar-refractivity contribution in [2.24, 2.45) is 0 Å². The molecule has 56 heavy (non-hydrogen) atoms. The predicted molar refractivity (Wildman–Crippen MR) is 234 cm³/mol. The predicted octanol–water partition coefficient (Wildman–Crippen LogP) is 13.4. The highest BCUT2D eigenvalue weighted by Crippen LogP contribution is 2.43. The minimum atomic E-state index is -4.37. The smallest absolute Gasteiger partial charge is 0.462 e. The maximum Gasteiger partial charge on any atom is 0.472 e. The van der Waals surface area contributed by atoms with Gasteiger partial charge < -0.3 is 18.9 Å². The van der Waals surface area contributed by atoms with Gasteiger partial charge in [-0.2, -0.15) is 0 Å². The number of hydrogen-bond acceptors (Lipinski definition) is 7. The van der Waals surface area contributed by atoms with Crippen LogP contribution in [0.1, 0.15) is 219 Å². The lowest BCUT2D eigenvalue weighted by Gasteiger charge is -2.24. The van der Waals surface area contributed by atoms with Gasteiger partial charge in [-0.05, 0) is 38.5 Å². The molecule has 0 aromatic carbocycles. The lowest BCUT2D eigenvalue weighted by molar-refractivity contribution is -0.870. The van der Waals surface area contributed by atoms with Gasteiger partial charge in [0, 0.05) is 12.8 Å². The van der Waals surface area contributed by atoms with E-state index in [-0.39, 0.29) is 25.6 Å². The maximum absolute atomic E-state index is 12.7. The van der Waals surface area contributed by atoms with Crippen LogP contribution in [0.25, 0.3) is 0 Å². The van der Waals surface area contributed by atoms with Crippen molar-refractivity contribution in [1.82, 2.24) is 0 Å². The number of allylic oxidation sites excluding steroid dienone is 2. The van der Waals surface area contributed by atoms with Crippen molar-refractivity contribution in [1.29, 1.82) is 0 Å². The van der Waals surface area contributed by atoms with Crippen LogP contribution in [0, 0.1) is 0 Å². The molecule has 0 amide bonds. The van der Waals surface area contributed by atoms with Crippen LogP contribution < -0.4 is 0 Å². The molecular weight excluding hydrogens is 725 g/mol. The zero-order chi connectivity index (χ0) is 41.4. The van der Waals surface area contributed by atoms with E-state index in [1.807, 2.05) is 21.1 Å². The van der Waals surface area contributed by atoms with Gasteiger partial charge in [0.05, 0.1) is 27.7 Å². The second kappa shape index (κ2) is 39.2. The molecule has 0 radical (unpaired) electrons. The first-order valence-corrected chi connectivity index (χ1v) is 24.9. The molecule has 0 fully saturated rings. The molecule has 1 unspecified atom stereocenters. The number of carbonyl (C=O) groups is 2. The minimum absolute atomic E-state index is 0.0333. The Hall–Kier alpha value is -1.25. The molecule has 0 aliphatic rings. The molecule has 1 N–H and O–H groups in total. The Morgan fingerprint density at radius 3 is 1.32 bits per heavy atom. The molecule has 2 atom stereocenters. The molecule has 9 nitrogen and oxygen atoms in total. The average Bonchev–Trinajstić information content (AvgIpc) is 3.15. The molecule has 0 aromatic heterocycles. The third kappa shape index (κ3) is 42.4. The summed E-state index contributed by atoms with van der Waals surface area (Å²) in [6.45, 7) is 4.44. The summed E-state index contributed by atoms with van der Waals surface area (Å²) in [7, 11) is 1.48. The summed E-state index contributed by atoms with van der Waals surface area (Å²) < 4.78 is 34.4. The maximum atomic E-state index is 12.7. The Bertz CT molecular complexity index is 969. The topological polar surface area (TPSA) is 108 Å². The van der Waals surface area contributed by atoms with Crippen LogP contribution in [0.3, 0.4) is 0 Å². The van der Waals surface area contributed by atoms with Crippen LogP contribution in [0.4, 0.5) is 0 Å². The molecule has 0 saturated heterocycles. The van der Waals surface area contributed by atoms with E-state index in [2.05, 4.69) is 26.0 Å². The summed E-state index contributed by atoms with van der Waals surface area (Å²) in [5.41, 5.74) is 0. The van der Waals surface area contributed by atoms with E-state index in [0.717, 1.165) is 51.4 Å². The fourth-order valence-electron chi connectivity index (χ4n) is 6.60. The number of likely N-dealkylation sites (N-methyl/N-ethyl adjacent to an activating group) is 1. The number of hydrogen-bond donors (Lipinski definition) is 1. The Balaban J connectivity index is 4.29. The van der Waals surface area contributed by atoms with E-state index >= 15 is 0 Å². The minimum Gasteiger partial charge on any atom is -0.462 e. The number of phosphoric ester groups is 1. The van der Waals surface area contributed by atoms with Crippen LogP contribution in [0.15, 0.2) is 12.2 Å². The number of rotatable bonds is 43. The highest BCUT2D eigenvalue weighted by molar-refractivity contribution is 7.47. The van der Waals surface area contributed by atoms with E-state index in [9.17, 15) is 19.0 Å². The average molecular weight is 817 g/mol. The van der Waals surface area contributed by atoms with Gasteiger partial charge in [-0.25, -0.2) is 4.57 Å². The Morgan fingerprint density at radius 2 is 0.911 bits per heavy atom. The summed E-state index contributed by atoms with van der Waals surface area (Å²) >= 11 is 0. The molecule has 332 valence electrons. The number of quaternary nitrogens is 1. The van der Waals surface area contributed by atoms with Crippen molar-refractivity contribution in [2.75, 3.05) is 47.5 Å². The first-order chi connectivity index (χ1) is 27.0. The van der Waals surface area contributed by atoms with Gasteiger partial charge >= 0.3 is 19.8 Å². The van der Waals surface area contributed by atoms with Gasteiger partial charge in [0.15, 0.2) is 6.10 Å². The molecule has 0 heterocycles. The van der Waals surface area contributed by atoms with Gasteiger partial charge in [0.1, 0.15) is 19.8 Å². The Labute approximate surface area is 346 Å². The van der Waals surface area contributed by atoms with Crippen molar-refractivity contribution in [3.05, 3.63) is 12.2 Å². The van der Waals surface area contributed by atoms with E-state index < -0.39 is 26.5 Å². The van der Waals surface area contributed by atoms with Crippen molar-refractivity contribution in [3.63, 3.8) is 0 Å². The number of phosphoric acid groups is 1. The van der Waals surface area contributed by atoms with Gasteiger partial charge in [-0.15, -0.1) is 0 Å². The largest absolute Gasteiger partial charge is 0.472 e. The highest BCUT2D eigenvalue weighted by atomic mass is 31.2. The molecule has 0 spiro atoms. The Morgan fingerprint density at radius 1 is 0.536 bits per heavy atom. The summed E-state index contributed by atoms with van der Waals surface area (Å²) in [4.78, 5) is 35.4. The summed E-state index contributed by atoms with van der Waals surface area (Å²) in [5.74, 6) is -0.796. The molecule has 10 heteroatoms. The first-order valence-electron chi connectivity index (χ1n) is 23.4. The van der Waals surface area contributed by atoms with E-state index in [4.69, 9.17) is 18.5 Å². The van der Waals surface area contributed by atoms with Crippen molar-refractivity contribution < 1.29 is 42.1 Å². The van der Waals surface area contributed by atoms with Crippen molar-refractivity contribution in [3.8, 4) is 0 Å². The zero-order valence-electron chi connectivity index (χ0n) is 37.4. The second-order valence-corrected chi connectivity index (χ2v) is 18.6. The number of nitrogens with zero attached hydrogens (tertiary/aromatic N) is 1. The third-order valence-electron chi connectivity index (χ3n) is 10.3. The normalized spacial score (nSPS) is 13.6.